The predicted octanol–water partition coefficient (Wildman–Crippen LogP) is 5.23. The van der Waals surface area contributed by atoms with Crippen LogP contribution < -0.4 is 4.90 Å². The maximum atomic E-state index is 9.20. The summed E-state index contributed by atoms with van der Waals surface area (Å²) in [6, 6.07) is 15.7. The Balaban J connectivity index is 1.08. The molecule has 2 aromatic heterocycles. The Morgan fingerprint density at radius 2 is 2.14 bits per heavy atom. The molecule has 4 heterocycles. The van der Waals surface area contributed by atoms with Gasteiger partial charge in [0.1, 0.15) is 0 Å². The molecule has 6 rings (SSSR count). The van der Waals surface area contributed by atoms with E-state index in [1.165, 1.54) is 32.5 Å². The topological polar surface area (TPSA) is 57.3 Å². The Kier molecular flexibility index (Phi) is 6.49. The van der Waals surface area contributed by atoms with E-state index in [9.17, 15) is 5.26 Å². The number of fused-ring (bicyclic) bond motifs is 2. The van der Waals surface area contributed by atoms with E-state index in [1.807, 2.05) is 30.9 Å². The van der Waals surface area contributed by atoms with Crippen molar-refractivity contribution >= 4 is 27.1 Å². The number of ether oxygens (including phenoxy) is 1. The molecule has 0 radical (unpaired) electrons. The molecule has 2 aliphatic rings. The van der Waals surface area contributed by atoms with E-state index in [4.69, 9.17) is 4.74 Å². The second-order valence-corrected chi connectivity index (χ2v) is 10.9. The Labute approximate surface area is 216 Å². The molecular formula is C29H31N5OS. The number of hydrogen-bond donors (Lipinski definition) is 0. The molecule has 0 N–H and O–H groups in total. The monoisotopic (exact) mass is 497 g/mol. The molecule has 1 fully saturated rings. The van der Waals surface area contributed by atoms with Crippen molar-refractivity contribution in [3.05, 3.63) is 82.8 Å². The van der Waals surface area contributed by atoms with Gasteiger partial charge in [-0.2, -0.15) is 5.26 Å². The number of benzene rings is 2. The number of aromatic nitrogens is 2. The van der Waals surface area contributed by atoms with Crippen molar-refractivity contribution in [2.24, 2.45) is 0 Å². The first-order chi connectivity index (χ1) is 17.7. The standard InChI is InChI=1S/C29H31N5OS/c1-21-17-34(27-19-36-29-15-22(16-30)2-5-26(27)29)12-11-33(21)9-6-28-25-4-3-23(14-24(25)7-13-35-28)18-32-10-8-31-20-32/h2-5,8,10,14-15,19-21,28H,6-7,9,11-13,17-18H2,1H3/t21-,28+/m1/s1. The fraction of sp³-hybridized carbons (Fsp3) is 0.379. The van der Waals surface area contributed by atoms with Crippen molar-refractivity contribution in [1.82, 2.24) is 14.5 Å². The lowest BCUT2D eigenvalue weighted by Gasteiger charge is -2.41. The highest BCUT2D eigenvalue weighted by Gasteiger charge is 2.27. The summed E-state index contributed by atoms with van der Waals surface area (Å²) in [6.07, 6.45) is 7.91. The first-order valence-electron chi connectivity index (χ1n) is 12.8. The molecule has 0 aliphatic carbocycles. The van der Waals surface area contributed by atoms with E-state index in [0.717, 1.165) is 57.7 Å². The first-order valence-corrected chi connectivity index (χ1v) is 13.7. The van der Waals surface area contributed by atoms with Gasteiger partial charge in [0.15, 0.2) is 0 Å². The molecule has 184 valence electrons. The highest BCUT2D eigenvalue weighted by atomic mass is 32.1. The van der Waals surface area contributed by atoms with Crippen LogP contribution in [0, 0.1) is 11.3 Å². The minimum absolute atomic E-state index is 0.177. The third-order valence-electron chi connectivity index (χ3n) is 7.64. The highest BCUT2D eigenvalue weighted by Crippen LogP contribution is 2.35. The number of anilines is 1. The smallest absolute Gasteiger partial charge is 0.0992 e. The van der Waals surface area contributed by atoms with Crippen LogP contribution in [0.2, 0.25) is 0 Å². The molecule has 7 heteroatoms. The molecule has 2 atom stereocenters. The lowest BCUT2D eigenvalue weighted by molar-refractivity contribution is 0.0255. The number of rotatable bonds is 6. The van der Waals surface area contributed by atoms with Crippen LogP contribution in [0.4, 0.5) is 5.69 Å². The largest absolute Gasteiger partial charge is 0.373 e. The molecule has 0 spiro atoms. The van der Waals surface area contributed by atoms with Crippen LogP contribution in [0.15, 0.2) is 60.5 Å². The zero-order chi connectivity index (χ0) is 24.5. The van der Waals surface area contributed by atoms with Gasteiger partial charge >= 0.3 is 0 Å². The van der Waals surface area contributed by atoms with Crippen molar-refractivity contribution in [3.63, 3.8) is 0 Å². The van der Waals surface area contributed by atoms with Crippen molar-refractivity contribution in [2.75, 3.05) is 37.7 Å². The average Bonchev–Trinajstić information content (AvgIpc) is 3.57. The van der Waals surface area contributed by atoms with E-state index < -0.39 is 0 Å². The minimum Gasteiger partial charge on any atom is -0.373 e. The minimum atomic E-state index is 0.177. The van der Waals surface area contributed by atoms with Gasteiger partial charge in [-0.3, -0.25) is 4.90 Å². The van der Waals surface area contributed by atoms with E-state index in [2.05, 4.69) is 62.0 Å². The zero-order valence-electron chi connectivity index (χ0n) is 20.6. The van der Waals surface area contributed by atoms with E-state index in [-0.39, 0.29) is 6.10 Å². The fourth-order valence-electron chi connectivity index (χ4n) is 5.68. The fourth-order valence-corrected chi connectivity index (χ4v) is 6.69. The Bertz CT molecular complexity index is 1390. The first kappa shape index (κ1) is 23.2. The lowest BCUT2D eigenvalue weighted by Crippen LogP contribution is -2.52. The second kappa shape index (κ2) is 10.1. The maximum absolute atomic E-state index is 9.20. The van der Waals surface area contributed by atoms with Crippen LogP contribution >= 0.6 is 11.3 Å². The third kappa shape index (κ3) is 4.64. The Hall–Kier alpha value is -3.18. The van der Waals surface area contributed by atoms with Crippen LogP contribution in [0.1, 0.15) is 41.7 Å². The number of piperazine rings is 1. The van der Waals surface area contributed by atoms with Crippen LogP contribution in [0.3, 0.4) is 0 Å². The molecule has 1 saturated heterocycles. The molecule has 0 bridgehead atoms. The van der Waals surface area contributed by atoms with Gasteiger partial charge in [0.05, 0.1) is 36.4 Å². The summed E-state index contributed by atoms with van der Waals surface area (Å²) in [4.78, 5) is 9.29. The van der Waals surface area contributed by atoms with Gasteiger partial charge < -0.3 is 14.2 Å². The third-order valence-corrected chi connectivity index (χ3v) is 8.57. The molecule has 4 aromatic rings. The quantitative estimate of drug-likeness (QED) is 0.365. The van der Waals surface area contributed by atoms with Gasteiger partial charge in [0, 0.05) is 66.6 Å². The number of nitrogens with zero attached hydrogens (tertiary/aromatic N) is 5. The van der Waals surface area contributed by atoms with Crippen molar-refractivity contribution in [1.29, 1.82) is 5.26 Å². The van der Waals surface area contributed by atoms with Crippen molar-refractivity contribution in [2.45, 2.75) is 38.5 Å². The average molecular weight is 498 g/mol. The molecule has 0 unspecified atom stereocenters. The normalized spacial score (nSPS) is 20.4. The van der Waals surface area contributed by atoms with E-state index in [1.54, 1.807) is 11.3 Å². The van der Waals surface area contributed by atoms with E-state index >= 15 is 0 Å². The van der Waals surface area contributed by atoms with Crippen LogP contribution in [-0.4, -0.2) is 53.3 Å². The Morgan fingerprint density at radius 3 is 2.97 bits per heavy atom. The number of nitriles is 1. The van der Waals surface area contributed by atoms with Gasteiger partial charge in [-0.15, -0.1) is 11.3 Å². The van der Waals surface area contributed by atoms with Crippen molar-refractivity contribution in [3.8, 4) is 6.07 Å². The van der Waals surface area contributed by atoms with E-state index in [0.29, 0.717) is 6.04 Å². The number of imidazole rings is 1. The second-order valence-electron chi connectivity index (χ2n) is 9.94. The molecule has 36 heavy (non-hydrogen) atoms. The summed E-state index contributed by atoms with van der Waals surface area (Å²) < 4.78 is 9.56. The SMILES string of the molecule is C[C@@H]1CN(c2csc3cc(C#N)ccc23)CCN1CC[C@@H]1OCCc2cc(Cn3ccnc3)ccc21. The molecular weight excluding hydrogens is 466 g/mol. The Morgan fingerprint density at radius 1 is 1.19 bits per heavy atom. The molecule has 2 aliphatic heterocycles. The number of hydrogen-bond acceptors (Lipinski definition) is 6. The summed E-state index contributed by atoms with van der Waals surface area (Å²) in [5.74, 6) is 0. The van der Waals surface area contributed by atoms with Gasteiger partial charge in [-0.1, -0.05) is 24.3 Å². The van der Waals surface area contributed by atoms with Gasteiger partial charge in [0.2, 0.25) is 0 Å². The van der Waals surface area contributed by atoms with Crippen LogP contribution in [0.5, 0.6) is 0 Å². The van der Waals surface area contributed by atoms with Gasteiger partial charge in [-0.05, 0) is 48.6 Å². The van der Waals surface area contributed by atoms with Crippen LogP contribution in [0.25, 0.3) is 10.1 Å². The highest BCUT2D eigenvalue weighted by molar-refractivity contribution is 7.17. The predicted molar refractivity (Wildman–Crippen MR) is 145 cm³/mol. The zero-order valence-corrected chi connectivity index (χ0v) is 21.5. The summed E-state index contributed by atoms with van der Waals surface area (Å²) in [7, 11) is 0. The summed E-state index contributed by atoms with van der Waals surface area (Å²) in [6.45, 7) is 8.14. The van der Waals surface area contributed by atoms with Gasteiger partial charge in [0.25, 0.3) is 0 Å². The molecule has 0 amide bonds. The van der Waals surface area contributed by atoms with Gasteiger partial charge in [-0.25, -0.2) is 4.98 Å². The molecule has 0 saturated carbocycles. The molecule has 2 aromatic carbocycles. The summed E-state index contributed by atoms with van der Waals surface area (Å²) in [5.41, 5.74) is 6.16. The lowest BCUT2D eigenvalue weighted by atomic mass is 9.93. The van der Waals surface area contributed by atoms with Crippen molar-refractivity contribution < 1.29 is 4.74 Å². The maximum Gasteiger partial charge on any atom is 0.0992 e. The summed E-state index contributed by atoms with van der Waals surface area (Å²) >= 11 is 1.74. The summed E-state index contributed by atoms with van der Waals surface area (Å²) in [5, 5.41) is 12.7. The molecule has 6 nitrogen and oxygen atoms in total. The number of thiophene rings is 1. The van der Waals surface area contributed by atoms with Crippen LogP contribution in [-0.2, 0) is 17.7 Å².